The van der Waals surface area contributed by atoms with Crippen molar-refractivity contribution in [3.63, 3.8) is 0 Å². The highest BCUT2D eigenvalue weighted by Crippen LogP contribution is 2.34. The molecule has 0 aliphatic heterocycles. The first-order valence-corrected chi connectivity index (χ1v) is 7.49. The SMILES string of the molecule is Cc1cccc(CCC(N)C2CCc3cccnc32)c1. The van der Waals surface area contributed by atoms with Crippen molar-refractivity contribution in [1.82, 2.24) is 4.98 Å². The molecule has 0 amide bonds. The van der Waals surface area contributed by atoms with E-state index in [4.69, 9.17) is 5.73 Å². The van der Waals surface area contributed by atoms with E-state index in [0.717, 1.165) is 25.7 Å². The number of aryl methyl sites for hydroxylation is 3. The molecule has 1 aliphatic rings. The smallest absolute Gasteiger partial charge is 0.0482 e. The van der Waals surface area contributed by atoms with Crippen molar-refractivity contribution < 1.29 is 0 Å². The highest BCUT2D eigenvalue weighted by Gasteiger charge is 2.28. The second kappa shape index (κ2) is 5.76. The van der Waals surface area contributed by atoms with Gasteiger partial charge < -0.3 is 5.73 Å². The third kappa shape index (κ3) is 2.75. The summed E-state index contributed by atoms with van der Waals surface area (Å²) < 4.78 is 0. The molecule has 0 fully saturated rings. The average Bonchev–Trinajstić information content (AvgIpc) is 2.89. The maximum absolute atomic E-state index is 6.44. The fourth-order valence-corrected chi connectivity index (χ4v) is 3.26. The van der Waals surface area contributed by atoms with Crippen LogP contribution in [0.1, 0.15) is 41.1 Å². The monoisotopic (exact) mass is 266 g/mol. The number of fused-ring (bicyclic) bond motifs is 1. The van der Waals surface area contributed by atoms with Crippen LogP contribution in [-0.2, 0) is 12.8 Å². The van der Waals surface area contributed by atoms with Crippen LogP contribution in [0.5, 0.6) is 0 Å². The van der Waals surface area contributed by atoms with Crippen molar-refractivity contribution in [3.8, 4) is 0 Å². The molecular formula is C18H22N2. The number of hydrogen-bond donors (Lipinski definition) is 1. The zero-order chi connectivity index (χ0) is 13.9. The third-order valence-electron chi connectivity index (χ3n) is 4.37. The number of benzene rings is 1. The van der Waals surface area contributed by atoms with E-state index in [2.05, 4.69) is 42.2 Å². The van der Waals surface area contributed by atoms with Gasteiger partial charge in [0.25, 0.3) is 0 Å². The summed E-state index contributed by atoms with van der Waals surface area (Å²) in [6.07, 6.45) is 6.27. The molecule has 0 saturated heterocycles. The molecule has 0 spiro atoms. The number of nitrogens with zero attached hydrogens (tertiary/aromatic N) is 1. The quantitative estimate of drug-likeness (QED) is 0.921. The number of rotatable bonds is 4. The minimum absolute atomic E-state index is 0.215. The molecule has 3 rings (SSSR count). The van der Waals surface area contributed by atoms with E-state index < -0.39 is 0 Å². The van der Waals surface area contributed by atoms with Crippen molar-refractivity contribution in [2.24, 2.45) is 5.73 Å². The topological polar surface area (TPSA) is 38.9 Å². The van der Waals surface area contributed by atoms with Gasteiger partial charge >= 0.3 is 0 Å². The minimum atomic E-state index is 0.215. The Balaban J connectivity index is 1.65. The maximum Gasteiger partial charge on any atom is 0.0482 e. The van der Waals surface area contributed by atoms with E-state index in [9.17, 15) is 0 Å². The zero-order valence-electron chi connectivity index (χ0n) is 12.0. The molecule has 2 aromatic rings. The molecule has 0 bridgehead atoms. The zero-order valence-corrected chi connectivity index (χ0v) is 12.0. The van der Waals surface area contributed by atoms with Crippen LogP contribution in [0.4, 0.5) is 0 Å². The Kier molecular flexibility index (Phi) is 3.83. The van der Waals surface area contributed by atoms with Crippen molar-refractivity contribution in [2.45, 2.75) is 44.6 Å². The Hall–Kier alpha value is -1.67. The van der Waals surface area contributed by atoms with Crippen LogP contribution in [0, 0.1) is 6.92 Å². The van der Waals surface area contributed by atoms with Crippen LogP contribution in [0.3, 0.4) is 0 Å². The van der Waals surface area contributed by atoms with E-state index in [1.807, 2.05) is 12.3 Å². The van der Waals surface area contributed by atoms with E-state index in [1.165, 1.54) is 22.4 Å². The summed E-state index contributed by atoms with van der Waals surface area (Å²) in [7, 11) is 0. The van der Waals surface area contributed by atoms with Gasteiger partial charge in [-0.1, -0.05) is 35.9 Å². The average molecular weight is 266 g/mol. The lowest BCUT2D eigenvalue weighted by Gasteiger charge is -2.19. The highest BCUT2D eigenvalue weighted by molar-refractivity contribution is 5.30. The Morgan fingerprint density at radius 1 is 1.30 bits per heavy atom. The standard InChI is InChI=1S/C18H22N2/c1-13-4-2-5-14(12-13)7-10-17(19)16-9-8-15-6-3-11-20-18(15)16/h2-6,11-12,16-17H,7-10,19H2,1H3. The molecule has 1 aromatic carbocycles. The Bertz CT molecular complexity index is 591. The lowest BCUT2D eigenvalue weighted by Crippen LogP contribution is -2.28. The first-order chi connectivity index (χ1) is 9.74. The van der Waals surface area contributed by atoms with Gasteiger partial charge in [-0.2, -0.15) is 0 Å². The molecule has 2 heteroatoms. The normalized spacial score (nSPS) is 18.8. The van der Waals surface area contributed by atoms with Gasteiger partial charge in [-0.05, 0) is 49.8 Å². The van der Waals surface area contributed by atoms with Crippen molar-refractivity contribution in [3.05, 3.63) is 65.0 Å². The molecule has 1 aromatic heterocycles. The first-order valence-electron chi connectivity index (χ1n) is 7.49. The lowest BCUT2D eigenvalue weighted by atomic mass is 9.92. The van der Waals surface area contributed by atoms with Gasteiger partial charge in [-0.25, -0.2) is 0 Å². The van der Waals surface area contributed by atoms with Crippen molar-refractivity contribution in [1.29, 1.82) is 0 Å². The Labute approximate surface area is 121 Å². The highest BCUT2D eigenvalue weighted by atomic mass is 14.7. The summed E-state index contributed by atoms with van der Waals surface area (Å²) in [4.78, 5) is 4.55. The van der Waals surface area contributed by atoms with Crippen LogP contribution < -0.4 is 5.73 Å². The molecule has 2 unspecified atom stereocenters. The molecule has 0 radical (unpaired) electrons. The number of aromatic nitrogens is 1. The second-order valence-electron chi connectivity index (χ2n) is 5.88. The van der Waals surface area contributed by atoms with Gasteiger partial charge in [0.2, 0.25) is 0 Å². The van der Waals surface area contributed by atoms with Gasteiger partial charge in [0, 0.05) is 23.9 Å². The maximum atomic E-state index is 6.44. The van der Waals surface area contributed by atoms with Crippen molar-refractivity contribution >= 4 is 0 Å². The molecule has 2 nitrogen and oxygen atoms in total. The second-order valence-corrected chi connectivity index (χ2v) is 5.88. The van der Waals surface area contributed by atoms with Gasteiger partial charge in [-0.15, -0.1) is 0 Å². The van der Waals surface area contributed by atoms with Crippen molar-refractivity contribution in [2.75, 3.05) is 0 Å². The summed E-state index contributed by atoms with van der Waals surface area (Å²) in [5.74, 6) is 0.441. The Morgan fingerprint density at radius 2 is 2.20 bits per heavy atom. The summed E-state index contributed by atoms with van der Waals surface area (Å²) >= 11 is 0. The van der Waals surface area contributed by atoms with Crippen LogP contribution in [0.25, 0.3) is 0 Å². The predicted molar refractivity (Wildman–Crippen MR) is 82.8 cm³/mol. The molecule has 2 N–H and O–H groups in total. The predicted octanol–water partition coefficient (Wildman–Crippen LogP) is 3.38. The fourth-order valence-electron chi connectivity index (χ4n) is 3.26. The summed E-state index contributed by atoms with van der Waals surface area (Å²) in [5.41, 5.74) is 11.8. The Morgan fingerprint density at radius 3 is 3.05 bits per heavy atom. The molecule has 2 atom stereocenters. The molecular weight excluding hydrogens is 244 g/mol. The largest absolute Gasteiger partial charge is 0.327 e. The molecule has 1 heterocycles. The summed E-state index contributed by atoms with van der Waals surface area (Å²) in [6.45, 7) is 2.14. The lowest BCUT2D eigenvalue weighted by molar-refractivity contribution is 0.490. The van der Waals surface area contributed by atoms with Gasteiger partial charge in [0.05, 0.1) is 0 Å². The molecule has 1 aliphatic carbocycles. The number of pyridine rings is 1. The van der Waals surface area contributed by atoms with E-state index in [1.54, 1.807) is 0 Å². The van der Waals surface area contributed by atoms with Gasteiger partial charge in [0.1, 0.15) is 0 Å². The van der Waals surface area contributed by atoms with E-state index in [-0.39, 0.29) is 6.04 Å². The van der Waals surface area contributed by atoms with Crippen LogP contribution in [0.2, 0.25) is 0 Å². The minimum Gasteiger partial charge on any atom is -0.327 e. The third-order valence-corrected chi connectivity index (χ3v) is 4.37. The first kappa shape index (κ1) is 13.3. The summed E-state index contributed by atoms with van der Waals surface area (Å²) in [5, 5.41) is 0. The van der Waals surface area contributed by atoms with Crippen LogP contribution >= 0.6 is 0 Å². The van der Waals surface area contributed by atoms with Gasteiger partial charge in [-0.3, -0.25) is 4.98 Å². The fraction of sp³-hybridized carbons (Fsp3) is 0.389. The van der Waals surface area contributed by atoms with Crippen LogP contribution in [-0.4, -0.2) is 11.0 Å². The van der Waals surface area contributed by atoms with Crippen LogP contribution in [0.15, 0.2) is 42.6 Å². The molecule has 20 heavy (non-hydrogen) atoms. The molecule has 104 valence electrons. The molecule has 0 saturated carbocycles. The summed E-state index contributed by atoms with van der Waals surface area (Å²) in [6, 6.07) is 13.2. The van der Waals surface area contributed by atoms with E-state index in [0.29, 0.717) is 5.92 Å². The van der Waals surface area contributed by atoms with E-state index >= 15 is 0 Å². The number of hydrogen-bond acceptors (Lipinski definition) is 2. The number of nitrogens with two attached hydrogens (primary N) is 1. The van der Waals surface area contributed by atoms with Gasteiger partial charge in [0.15, 0.2) is 0 Å².